The van der Waals surface area contributed by atoms with Crippen molar-refractivity contribution in [2.24, 2.45) is 0 Å². The average molecular weight is 316 g/mol. The number of hydrogen-bond donors (Lipinski definition) is 1. The Morgan fingerprint density at radius 3 is 3.13 bits per heavy atom. The van der Waals surface area contributed by atoms with Crippen LogP contribution in [0.3, 0.4) is 0 Å². The largest absolute Gasteiger partial charge is 0.464 e. The van der Waals surface area contributed by atoms with Gasteiger partial charge in [0, 0.05) is 31.1 Å². The summed E-state index contributed by atoms with van der Waals surface area (Å²) in [4.78, 5) is 15.9. The van der Waals surface area contributed by atoms with Gasteiger partial charge in [0.25, 0.3) is 0 Å². The van der Waals surface area contributed by atoms with Crippen LogP contribution in [0.1, 0.15) is 24.8 Å². The molecule has 23 heavy (non-hydrogen) atoms. The van der Waals surface area contributed by atoms with Gasteiger partial charge in [-0.2, -0.15) is 0 Å². The van der Waals surface area contributed by atoms with E-state index in [9.17, 15) is 4.79 Å². The number of ether oxygens (including phenoxy) is 2. The maximum atomic E-state index is 11.7. The Kier molecular flexibility index (Phi) is 5.26. The van der Waals surface area contributed by atoms with Gasteiger partial charge in [-0.15, -0.1) is 0 Å². The number of pyridine rings is 1. The molecule has 0 saturated carbocycles. The summed E-state index contributed by atoms with van der Waals surface area (Å²) in [6.07, 6.45) is 7.79. The summed E-state index contributed by atoms with van der Waals surface area (Å²) >= 11 is 0. The molecule has 3 heterocycles. The monoisotopic (exact) mass is 316 g/mol. The number of amides is 1. The van der Waals surface area contributed by atoms with E-state index in [0.717, 1.165) is 42.8 Å². The van der Waals surface area contributed by atoms with Crippen LogP contribution in [0.2, 0.25) is 0 Å². The molecule has 0 aromatic carbocycles. The van der Waals surface area contributed by atoms with Crippen molar-refractivity contribution >= 4 is 6.09 Å². The third-order valence-corrected chi connectivity index (χ3v) is 3.71. The first-order valence-corrected chi connectivity index (χ1v) is 7.81. The molecule has 1 N–H and O–H groups in total. The van der Waals surface area contributed by atoms with Gasteiger partial charge in [0.05, 0.1) is 12.4 Å². The molecule has 1 unspecified atom stereocenters. The maximum Gasteiger partial charge on any atom is 0.407 e. The fourth-order valence-corrected chi connectivity index (χ4v) is 2.49. The van der Waals surface area contributed by atoms with Crippen molar-refractivity contribution < 1.29 is 18.7 Å². The van der Waals surface area contributed by atoms with Gasteiger partial charge < -0.3 is 19.2 Å². The molecule has 1 fully saturated rings. The van der Waals surface area contributed by atoms with Gasteiger partial charge in [-0.05, 0) is 43.0 Å². The third-order valence-electron chi connectivity index (χ3n) is 3.71. The number of aromatic nitrogens is 1. The Balaban J connectivity index is 1.46. The number of carbonyl (C=O) groups is 1. The smallest absolute Gasteiger partial charge is 0.407 e. The molecule has 1 aliphatic rings. The molecule has 2 aromatic heterocycles. The van der Waals surface area contributed by atoms with E-state index in [1.54, 1.807) is 18.7 Å². The zero-order valence-electron chi connectivity index (χ0n) is 12.9. The fourth-order valence-electron chi connectivity index (χ4n) is 2.49. The van der Waals surface area contributed by atoms with Crippen molar-refractivity contribution in [2.75, 3.05) is 13.2 Å². The van der Waals surface area contributed by atoms with E-state index >= 15 is 0 Å². The number of nitrogens with zero attached hydrogens (tertiary/aromatic N) is 1. The second kappa shape index (κ2) is 7.78. The van der Waals surface area contributed by atoms with Crippen LogP contribution in [0.15, 0.2) is 41.3 Å². The minimum atomic E-state index is -0.442. The minimum absolute atomic E-state index is 0.0263. The first kappa shape index (κ1) is 15.6. The highest BCUT2D eigenvalue weighted by atomic mass is 16.6. The van der Waals surface area contributed by atoms with Gasteiger partial charge in [0.15, 0.2) is 0 Å². The lowest BCUT2D eigenvalue weighted by atomic mass is 10.1. The van der Waals surface area contributed by atoms with E-state index in [1.807, 2.05) is 18.2 Å². The minimum Gasteiger partial charge on any atom is -0.464 e. The molecule has 6 heteroatoms. The number of nitrogens with one attached hydrogen (secondary N) is 1. The lowest BCUT2D eigenvalue weighted by Crippen LogP contribution is -2.30. The van der Waals surface area contributed by atoms with Crippen LogP contribution >= 0.6 is 0 Å². The number of rotatable bonds is 5. The predicted molar refractivity (Wildman–Crippen MR) is 83.7 cm³/mol. The Hall–Kier alpha value is -2.34. The first-order valence-electron chi connectivity index (χ1n) is 7.81. The van der Waals surface area contributed by atoms with E-state index in [0.29, 0.717) is 13.2 Å². The van der Waals surface area contributed by atoms with Crippen molar-refractivity contribution in [2.45, 2.75) is 31.9 Å². The van der Waals surface area contributed by atoms with E-state index in [1.165, 1.54) is 0 Å². The summed E-state index contributed by atoms with van der Waals surface area (Å²) in [5.74, 6) is 0.747. The van der Waals surface area contributed by atoms with Crippen molar-refractivity contribution in [3.63, 3.8) is 0 Å². The molecule has 1 saturated heterocycles. The van der Waals surface area contributed by atoms with Crippen LogP contribution in [0, 0.1) is 0 Å². The molecule has 0 spiro atoms. The van der Waals surface area contributed by atoms with Crippen molar-refractivity contribution in [1.82, 2.24) is 10.3 Å². The summed E-state index contributed by atoms with van der Waals surface area (Å²) < 4.78 is 16.1. The highest BCUT2D eigenvalue weighted by Crippen LogP contribution is 2.19. The van der Waals surface area contributed by atoms with Crippen LogP contribution in [0.5, 0.6) is 0 Å². The number of carbonyl (C=O) groups excluding carboxylic acids is 1. The molecule has 0 radical (unpaired) electrons. The number of hydrogen-bond acceptors (Lipinski definition) is 5. The summed E-state index contributed by atoms with van der Waals surface area (Å²) in [7, 11) is 0. The standard InChI is InChI=1S/C17H20N2O4/c20-17(23-12-15-4-1-2-6-21-15)19-10-13-8-14(11-18-9-13)16-5-3-7-22-16/h3,5,7-9,11,15H,1-2,4,6,10,12H2,(H,19,20). The van der Waals surface area contributed by atoms with Crippen LogP contribution in [0.4, 0.5) is 4.79 Å². The molecule has 2 aromatic rings. The second-order valence-electron chi connectivity index (χ2n) is 5.50. The lowest BCUT2D eigenvalue weighted by Gasteiger charge is -2.22. The number of alkyl carbamates (subject to hydrolysis) is 1. The van der Waals surface area contributed by atoms with Crippen molar-refractivity contribution in [1.29, 1.82) is 0 Å². The highest BCUT2D eigenvalue weighted by molar-refractivity contribution is 5.67. The molecule has 122 valence electrons. The van der Waals surface area contributed by atoms with E-state index in [2.05, 4.69) is 10.3 Å². The van der Waals surface area contributed by atoms with Gasteiger partial charge in [-0.1, -0.05) is 0 Å². The normalized spacial score (nSPS) is 17.7. The van der Waals surface area contributed by atoms with Crippen LogP contribution in [-0.2, 0) is 16.0 Å². The van der Waals surface area contributed by atoms with Gasteiger partial charge in [0.2, 0.25) is 0 Å². The zero-order valence-corrected chi connectivity index (χ0v) is 12.9. The van der Waals surface area contributed by atoms with Gasteiger partial charge in [0.1, 0.15) is 12.4 Å². The van der Waals surface area contributed by atoms with Crippen LogP contribution < -0.4 is 5.32 Å². The predicted octanol–water partition coefficient (Wildman–Crippen LogP) is 3.14. The lowest BCUT2D eigenvalue weighted by molar-refractivity contribution is -0.0223. The van der Waals surface area contributed by atoms with Gasteiger partial charge in [-0.3, -0.25) is 4.98 Å². The van der Waals surface area contributed by atoms with Crippen LogP contribution in [-0.4, -0.2) is 30.4 Å². The van der Waals surface area contributed by atoms with E-state index < -0.39 is 6.09 Å². The second-order valence-corrected chi connectivity index (χ2v) is 5.50. The SMILES string of the molecule is O=C(NCc1cncc(-c2ccco2)c1)OCC1CCCCO1. The molecule has 1 aliphatic heterocycles. The Labute approximate surface area is 134 Å². The molecule has 0 aliphatic carbocycles. The summed E-state index contributed by atoms with van der Waals surface area (Å²) in [6, 6.07) is 5.62. The summed E-state index contributed by atoms with van der Waals surface area (Å²) in [5, 5.41) is 2.72. The first-order chi connectivity index (χ1) is 11.3. The Bertz CT molecular complexity index is 621. The number of furan rings is 1. The van der Waals surface area contributed by atoms with Crippen LogP contribution in [0.25, 0.3) is 11.3 Å². The topological polar surface area (TPSA) is 73.6 Å². The van der Waals surface area contributed by atoms with E-state index in [-0.39, 0.29) is 6.10 Å². The maximum absolute atomic E-state index is 11.7. The summed E-state index contributed by atoms with van der Waals surface area (Å²) in [6.45, 7) is 1.41. The van der Waals surface area contributed by atoms with Gasteiger partial charge in [-0.25, -0.2) is 4.79 Å². The summed E-state index contributed by atoms with van der Waals surface area (Å²) in [5.41, 5.74) is 1.75. The fraction of sp³-hybridized carbons (Fsp3) is 0.412. The van der Waals surface area contributed by atoms with Crippen molar-refractivity contribution in [3.05, 3.63) is 42.4 Å². The molecule has 3 rings (SSSR count). The van der Waals surface area contributed by atoms with Crippen molar-refractivity contribution in [3.8, 4) is 11.3 Å². The van der Waals surface area contributed by atoms with Gasteiger partial charge >= 0.3 is 6.09 Å². The molecule has 1 amide bonds. The third kappa shape index (κ3) is 4.56. The molecule has 0 bridgehead atoms. The molecular formula is C17H20N2O4. The Morgan fingerprint density at radius 2 is 2.35 bits per heavy atom. The zero-order chi connectivity index (χ0) is 15.9. The molecule has 6 nitrogen and oxygen atoms in total. The quantitative estimate of drug-likeness (QED) is 0.917. The molecular weight excluding hydrogens is 296 g/mol. The highest BCUT2D eigenvalue weighted by Gasteiger charge is 2.15. The van der Waals surface area contributed by atoms with E-state index in [4.69, 9.17) is 13.9 Å². The average Bonchev–Trinajstić information content (AvgIpc) is 3.14. The molecule has 1 atom stereocenters. The Morgan fingerprint density at radius 1 is 1.39 bits per heavy atom.